The fraction of sp³-hybridized carbons (Fsp3) is 0.727. The van der Waals surface area contributed by atoms with Gasteiger partial charge in [-0.25, -0.2) is 4.79 Å². The first-order valence-corrected chi connectivity index (χ1v) is 6.43. The lowest BCUT2D eigenvalue weighted by Gasteiger charge is -2.36. The number of carbonyl (C=O) groups excluding carboxylic acids is 1. The summed E-state index contributed by atoms with van der Waals surface area (Å²) in [5, 5.41) is 9.14. The van der Waals surface area contributed by atoms with Gasteiger partial charge in [0, 0.05) is 13.1 Å². The van der Waals surface area contributed by atoms with Gasteiger partial charge in [0.2, 0.25) is 5.95 Å². The Morgan fingerprint density at radius 2 is 2.42 bits per heavy atom. The van der Waals surface area contributed by atoms with Crippen LogP contribution >= 0.6 is 0 Å². The summed E-state index contributed by atoms with van der Waals surface area (Å²) < 4.78 is 5.72. The number of nitrogen functional groups attached to an aromatic ring is 1. The van der Waals surface area contributed by atoms with Gasteiger partial charge < -0.3 is 20.7 Å². The molecule has 1 aliphatic rings. The lowest BCUT2D eigenvalue weighted by atomic mass is 10.2. The Morgan fingerprint density at radius 1 is 1.63 bits per heavy atom. The van der Waals surface area contributed by atoms with Crippen molar-refractivity contribution < 1.29 is 9.53 Å². The second kappa shape index (κ2) is 5.87. The highest BCUT2D eigenvalue weighted by atomic mass is 16.5. The molecule has 0 bridgehead atoms. The second-order valence-corrected chi connectivity index (χ2v) is 4.68. The number of urea groups is 1. The van der Waals surface area contributed by atoms with Crippen molar-refractivity contribution in [1.29, 1.82) is 0 Å². The summed E-state index contributed by atoms with van der Waals surface area (Å²) in [5.74, 6) is 0.717. The Hall–Kier alpha value is -1.83. The molecule has 0 aromatic carbocycles. The summed E-state index contributed by atoms with van der Waals surface area (Å²) in [6.07, 6.45) is 1.06. The van der Waals surface area contributed by atoms with E-state index in [1.54, 1.807) is 4.90 Å². The molecule has 2 heterocycles. The van der Waals surface area contributed by atoms with Crippen molar-refractivity contribution >= 4 is 12.0 Å². The van der Waals surface area contributed by atoms with E-state index >= 15 is 0 Å². The summed E-state index contributed by atoms with van der Waals surface area (Å²) in [6.45, 7) is 5.52. The minimum atomic E-state index is -0.122. The molecule has 19 heavy (non-hydrogen) atoms. The number of anilines is 1. The van der Waals surface area contributed by atoms with Crippen LogP contribution in [0.25, 0.3) is 0 Å². The van der Waals surface area contributed by atoms with Crippen molar-refractivity contribution in [3.05, 3.63) is 5.82 Å². The minimum absolute atomic E-state index is 0.0605. The molecule has 4 N–H and O–H groups in total. The molecule has 1 aliphatic heterocycles. The molecule has 0 radical (unpaired) electrons. The smallest absolute Gasteiger partial charge is 0.317 e. The van der Waals surface area contributed by atoms with E-state index in [0.29, 0.717) is 18.9 Å². The third-order valence-corrected chi connectivity index (χ3v) is 3.02. The standard InChI is InChI=1S/C11H20N6O2/c1-3-8-6-17(5-7(2)19-8)11(18)13-4-9-14-10(12)16-15-9/h7-8H,3-6H2,1-2H3,(H,13,18)(H3,12,14,15,16). The minimum Gasteiger partial charge on any atom is -0.372 e. The molecule has 2 rings (SSSR count). The number of nitrogens with zero attached hydrogens (tertiary/aromatic N) is 3. The number of morpholine rings is 1. The van der Waals surface area contributed by atoms with Crippen molar-refractivity contribution in [2.24, 2.45) is 0 Å². The van der Waals surface area contributed by atoms with Crippen LogP contribution in [-0.2, 0) is 11.3 Å². The molecule has 0 spiro atoms. The zero-order valence-electron chi connectivity index (χ0n) is 11.2. The van der Waals surface area contributed by atoms with Crippen LogP contribution in [0.2, 0.25) is 0 Å². The van der Waals surface area contributed by atoms with E-state index in [1.807, 2.05) is 6.92 Å². The molecule has 1 fully saturated rings. The maximum atomic E-state index is 12.1. The Bertz CT molecular complexity index is 435. The molecule has 8 heteroatoms. The number of hydrogen-bond donors (Lipinski definition) is 3. The van der Waals surface area contributed by atoms with E-state index < -0.39 is 0 Å². The lowest BCUT2D eigenvalue weighted by molar-refractivity contribution is -0.0646. The topological polar surface area (TPSA) is 109 Å². The average Bonchev–Trinajstić information content (AvgIpc) is 2.81. The van der Waals surface area contributed by atoms with E-state index in [-0.39, 0.29) is 30.7 Å². The van der Waals surface area contributed by atoms with E-state index in [4.69, 9.17) is 10.5 Å². The molecule has 2 atom stereocenters. The van der Waals surface area contributed by atoms with Gasteiger partial charge in [0.05, 0.1) is 18.8 Å². The zero-order chi connectivity index (χ0) is 13.8. The number of nitrogens with two attached hydrogens (primary N) is 1. The molecule has 2 amide bonds. The number of nitrogens with one attached hydrogen (secondary N) is 2. The Labute approximate surface area is 111 Å². The van der Waals surface area contributed by atoms with Gasteiger partial charge >= 0.3 is 6.03 Å². The number of carbonyl (C=O) groups is 1. The fourth-order valence-corrected chi connectivity index (χ4v) is 2.10. The van der Waals surface area contributed by atoms with Crippen LogP contribution in [0.1, 0.15) is 26.1 Å². The number of amides is 2. The van der Waals surface area contributed by atoms with Crippen molar-refractivity contribution in [2.45, 2.75) is 39.0 Å². The highest BCUT2D eigenvalue weighted by Gasteiger charge is 2.27. The van der Waals surface area contributed by atoms with Gasteiger partial charge in [0.15, 0.2) is 0 Å². The van der Waals surface area contributed by atoms with Gasteiger partial charge in [-0.3, -0.25) is 5.10 Å². The number of rotatable bonds is 3. The van der Waals surface area contributed by atoms with Gasteiger partial charge in [0.1, 0.15) is 5.82 Å². The van der Waals surface area contributed by atoms with E-state index in [2.05, 4.69) is 27.4 Å². The van der Waals surface area contributed by atoms with Crippen LogP contribution in [-0.4, -0.2) is 51.4 Å². The van der Waals surface area contributed by atoms with Crippen LogP contribution in [0.4, 0.5) is 10.7 Å². The van der Waals surface area contributed by atoms with Crippen LogP contribution in [0, 0.1) is 0 Å². The Kier molecular flexibility index (Phi) is 4.20. The maximum absolute atomic E-state index is 12.1. The molecule has 2 unspecified atom stereocenters. The van der Waals surface area contributed by atoms with Crippen LogP contribution in [0.15, 0.2) is 0 Å². The van der Waals surface area contributed by atoms with E-state index in [1.165, 1.54) is 0 Å². The Balaban J connectivity index is 1.85. The van der Waals surface area contributed by atoms with Crippen molar-refractivity contribution in [2.75, 3.05) is 18.8 Å². The Morgan fingerprint density at radius 3 is 3.05 bits per heavy atom. The third-order valence-electron chi connectivity index (χ3n) is 3.02. The average molecular weight is 268 g/mol. The summed E-state index contributed by atoms with van der Waals surface area (Å²) >= 11 is 0. The zero-order valence-corrected chi connectivity index (χ0v) is 11.2. The monoisotopic (exact) mass is 268 g/mol. The SMILES string of the molecule is CCC1CN(C(=O)NCc2nc(N)n[nH]2)CC(C)O1. The predicted octanol–water partition coefficient (Wildman–Crippen LogP) is 0.0958. The van der Waals surface area contributed by atoms with Gasteiger partial charge in [-0.2, -0.15) is 4.98 Å². The van der Waals surface area contributed by atoms with E-state index in [9.17, 15) is 4.79 Å². The molecule has 1 saturated heterocycles. The molecule has 8 nitrogen and oxygen atoms in total. The largest absolute Gasteiger partial charge is 0.372 e. The highest BCUT2D eigenvalue weighted by Crippen LogP contribution is 2.13. The number of aromatic amines is 1. The quantitative estimate of drug-likeness (QED) is 0.720. The fourth-order valence-electron chi connectivity index (χ4n) is 2.10. The first-order chi connectivity index (χ1) is 9.08. The van der Waals surface area contributed by atoms with Crippen molar-refractivity contribution in [3.8, 4) is 0 Å². The summed E-state index contributed by atoms with van der Waals surface area (Å²) in [7, 11) is 0. The number of aromatic nitrogens is 3. The van der Waals surface area contributed by atoms with Gasteiger partial charge in [-0.05, 0) is 13.3 Å². The van der Waals surface area contributed by atoms with Crippen LogP contribution in [0.3, 0.4) is 0 Å². The second-order valence-electron chi connectivity index (χ2n) is 4.68. The van der Waals surface area contributed by atoms with Gasteiger partial charge in [-0.1, -0.05) is 6.92 Å². The lowest BCUT2D eigenvalue weighted by Crippen LogP contribution is -2.52. The number of hydrogen-bond acceptors (Lipinski definition) is 5. The molecule has 0 saturated carbocycles. The molecule has 1 aromatic rings. The summed E-state index contributed by atoms with van der Waals surface area (Å²) in [4.78, 5) is 17.7. The number of H-pyrrole nitrogens is 1. The normalized spacial score (nSPS) is 23.4. The first-order valence-electron chi connectivity index (χ1n) is 6.43. The predicted molar refractivity (Wildman–Crippen MR) is 69.2 cm³/mol. The molecule has 1 aromatic heterocycles. The van der Waals surface area contributed by atoms with Gasteiger partial charge in [-0.15, -0.1) is 5.10 Å². The van der Waals surface area contributed by atoms with Crippen molar-refractivity contribution in [3.63, 3.8) is 0 Å². The van der Waals surface area contributed by atoms with Crippen molar-refractivity contribution in [1.82, 2.24) is 25.4 Å². The number of ether oxygens (including phenoxy) is 1. The maximum Gasteiger partial charge on any atom is 0.317 e. The molecule has 106 valence electrons. The molecule has 0 aliphatic carbocycles. The van der Waals surface area contributed by atoms with E-state index in [0.717, 1.165) is 6.42 Å². The molecular weight excluding hydrogens is 248 g/mol. The van der Waals surface area contributed by atoms with Crippen LogP contribution < -0.4 is 11.1 Å². The summed E-state index contributed by atoms with van der Waals surface area (Å²) in [6, 6.07) is -0.122. The summed E-state index contributed by atoms with van der Waals surface area (Å²) in [5.41, 5.74) is 5.39. The molecular formula is C11H20N6O2. The first kappa shape index (κ1) is 13.6. The third kappa shape index (κ3) is 3.57. The van der Waals surface area contributed by atoms with Crippen LogP contribution in [0.5, 0.6) is 0 Å². The van der Waals surface area contributed by atoms with Gasteiger partial charge in [0.25, 0.3) is 0 Å². The highest BCUT2D eigenvalue weighted by molar-refractivity contribution is 5.74.